The van der Waals surface area contributed by atoms with Crippen LogP contribution in [0.4, 0.5) is 0 Å². The molecule has 3 heterocycles. The zero-order valence-corrected chi connectivity index (χ0v) is 19.5. The molecule has 172 valence electrons. The molecule has 3 N–H and O–H groups in total. The predicted octanol–water partition coefficient (Wildman–Crippen LogP) is 4.81. The molecule has 5 aromatic rings. The number of halogens is 1. The molecule has 0 radical (unpaired) electrons. The van der Waals surface area contributed by atoms with Crippen molar-refractivity contribution in [1.82, 2.24) is 29.7 Å². The van der Waals surface area contributed by atoms with Crippen molar-refractivity contribution in [1.29, 1.82) is 0 Å². The minimum absolute atomic E-state index is 0.00742. The normalized spacial score (nSPS) is 12.5. The topological polar surface area (TPSA) is 125 Å². The van der Waals surface area contributed by atoms with E-state index in [1.54, 1.807) is 35.4 Å². The average molecular weight is 476 g/mol. The zero-order chi connectivity index (χ0) is 24.0. The number of imidazole rings is 1. The van der Waals surface area contributed by atoms with Gasteiger partial charge in [0.05, 0.1) is 34.6 Å². The van der Waals surface area contributed by atoms with E-state index in [1.807, 2.05) is 39.0 Å². The molecule has 0 fully saturated rings. The van der Waals surface area contributed by atoms with Crippen LogP contribution in [0, 0.1) is 12.8 Å². The van der Waals surface area contributed by atoms with Crippen molar-refractivity contribution in [3.05, 3.63) is 59.8 Å². The number of benzene rings is 2. The van der Waals surface area contributed by atoms with E-state index in [1.165, 1.54) is 0 Å². The number of carbonyl (C=O) groups is 1. The summed E-state index contributed by atoms with van der Waals surface area (Å²) >= 11 is 6.68. The summed E-state index contributed by atoms with van der Waals surface area (Å²) in [6.07, 6.45) is 5.01. The number of aromatic nitrogens is 6. The Labute approximate surface area is 199 Å². The first-order valence-corrected chi connectivity index (χ1v) is 11.1. The van der Waals surface area contributed by atoms with E-state index >= 15 is 0 Å². The van der Waals surface area contributed by atoms with Crippen LogP contribution in [0.3, 0.4) is 0 Å². The summed E-state index contributed by atoms with van der Waals surface area (Å²) in [5.74, 6) is 1.46. The van der Waals surface area contributed by atoms with Crippen LogP contribution < -0.4 is 10.5 Å². The molecule has 1 amide bonds. The Morgan fingerprint density at radius 1 is 1.15 bits per heavy atom. The minimum atomic E-state index is -0.554. The summed E-state index contributed by atoms with van der Waals surface area (Å²) < 4.78 is 7.61. The Morgan fingerprint density at radius 3 is 2.71 bits per heavy atom. The Morgan fingerprint density at radius 2 is 1.94 bits per heavy atom. The first-order valence-electron chi connectivity index (χ1n) is 10.7. The number of amides is 1. The molecule has 0 saturated carbocycles. The standard InChI is InChI=1S/C24H22ClN7O2/c1-12(2)23(24(26)33)32-11-14(9-28-32)19-10-27-17-6-7-20(21(25)22(17)31-19)34-15-4-5-16-18(8-15)30-13(3)29-16/h4-12,23H,1-3H3,(H2,26,33)(H,29,30). The van der Waals surface area contributed by atoms with Crippen molar-refractivity contribution < 1.29 is 9.53 Å². The van der Waals surface area contributed by atoms with Crippen molar-refractivity contribution in [3.8, 4) is 22.8 Å². The van der Waals surface area contributed by atoms with Crippen molar-refractivity contribution >= 4 is 39.6 Å². The van der Waals surface area contributed by atoms with Gasteiger partial charge in [-0.1, -0.05) is 25.4 Å². The van der Waals surface area contributed by atoms with Crippen LogP contribution >= 0.6 is 11.6 Å². The molecule has 9 nitrogen and oxygen atoms in total. The van der Waals surface area contributed by atoms with Crippen LogP contribution in [0.2, 0.25) is 5.02 Å². The molecule has 0 bridgehead atoms. The molecular weight excluding hydrogens is 454 g/mol. The van der Waals surface area contributed by atoms with Gasteiger partial charge in [0, 0.05) is 17.8 Å². The van der Waals surface area contributed by atoms with Crippen molar-refractivity contribution in [2.45, 2.75) is 26.8 Å². The van der Waals surface area contributed by atoms with E-state index in [-0.39, 0.29) is 5.92 Å². The van der Waals surface area contributed by atoms with Gasteiger partial charge in [-0.2, -0.15) is 5.10 Å². The Hall–Kier alpha value is -3.98. The van der Waals surface area contributed by atoms with E-state index in [4.69, 9.17) is 27.1 Å². The second-order valence-electron chi connectivity index (χ2n) is 8.40. The summed E-state index contributed by atoms with van der Waals surface area (Å²) in [7, 11) is 0. The van der Waals surface area contributed by atoms with Gasteiger partial charge in [0.2, 0.25) is 5.91 Å². The van der Waals surface area contributed by atoms with Gasteiger partial charge in [0.15, 0.2) is 0 Å². The largest absolute Gasteiger partial charge is 0.456 e. The van der Waals surface area contributed by atoms with Gasteiger partial charge in [-0.05, 0) is 37.1 Å². The molecule has 0 spiro atoms. The minimum Gasteiger partial charge on any atom is -0.456 e. The number of nitrogens with one attached hydrogen (secondary N) is 1. The fourth-order valence-electron chi connectivity index (χ4n) is 3.94. The summed E-state index contributed by atoms with van der Waals surface area (Å²) in [5, 5.41) is 4.66. The number of hydrogen-bond donors (Lipinski definition) is 2. The number of nitrogens with two attached hydrogens (primary N) is 1. The lowest BCUT2D eigenvalue weighted by Gasteiger charge is -2.17. The van der Waals surface area contributed by atoms with Gasteiger partial charge in [-0.25, -0.2) is 9.97 Å². The first kappa shape index (κ1) is 21.8. The van der Waals surface area contributed by atoms with E-state index < -0.39 is 11.9 Å². The number of H-pyrrole nitrogens is 1. The lowest BCUT2D eigenvalue weighted by atomic mass is 10.0. The monoisotopic (exact) mass is 475 g/mol. The number of aromatic amines is 1. The van der Waals surface area contributed by atoms with Crippen LogP contribution in [0.1, 0.15) is 25.7 Å². The van der Waals surface area contributed by atoms with E-state index in [2.05, 4.69) is 20.1 Å². The van der Waals surface area contributed by atoms with Crippen LogP contribution in [-0.4, -0.2) is 35.6 Å². The van der Waals surface area contributed by atoms with Gasteiger partial charge in [-0.3, -0.25) is 14.5 Å². The molecule has 0 aliphatic rings. The highest BCUT2D eigenvalue weighted by molar-refractivity contribution is 6.36. The molecule has 3 aromatic heterocycles. The molecule has 2 aromatic carbocycles. The maximum Gasteiger partial charge on any atom is 0.242 e. The number of aryl methyl sites for hydroxylation is 1. The quantitative estimate of drug-likeness (QED) is 0.363. The lowest BCUT2D eigenvalue weighted by molar-refractivity contribution is -0.122. The molecule has 0 aliphatic heterocycles. The highest BCUT2D eigenvalue weighted by Gasteiger charge is 2.23. The second kappa shape index (κ2) is 8.42. The Bertz CT molecular complexity index is 1540. The number of hydrogen-bond acceptors (Lipinski definition) is 6. The maximum atomic E-state index is 11.9. The van der Waals surface area contributed by atoms with Gasteiger partial charge in [-0.15, -0.1) is 0 Å². The lowest BCUT2D eigenvalue weighted by Crippen LogP contribution is -2.30. The number of nitrogens with zero attached hydrogens (tertiary/aromatic N) is 5. The zero-order valence-electron chi connectivity index (χ0n) is 18.8. The Balaban J connectivity index is 1.49. The number of primary amides is 1. The number of ether oxygens (including phenoxy) is 1. The van der Waals surface area contributed by atoms with Crippen LogP contribution in [0.15, 0.2) is 48.9 Å². The maximum absolute atomic E-state index is 11.9. The highest BCUT2D eigenvalue weighted by atomic mass is 35.5. The Kier molecular flexibility index (Phi) is 5.41. The third-order valence-corrected chi connectivity index (χ3v) is 5.89. The number of carbonyl (C=O) groups excluding carboxylic acids is 1. The summed E-state index contributed by atoms with van der Waals surface area (Å²) in [6, 6.07) is 8.60. The number of fused-ring (bicyclic) bond motifs is 2. The van der Waals surface area contributed by atoms with Crippen molar-refractivity contribution in [2.24, 2.45) is 11.7 Å². The SMILES string of the molecule is Cc1nc2ccc(Oc3ccc4ncc(-c5cnn(C(C(N)=O)C(C)C)c5)nc4c3Cl)cc2[nH]1. The third-order valence-electron chi connectivity index (χ3n) is 5.52. The molecular formula is C24H22ClN7O2. The summed E-state index contributed by atoms with van der Waals surface area (Å²) in [6.45, 7) is 5.73. The van der Waals surface area contributed by atoms with E-state index in [0.29, 0.717) is 38.8 Å². The van der Waals surface area contributed by atoms with E-state index in [0.717, 1.165) is 16.9 Å². The molecule has 1 atom stereocenters. The second-order valence-corrected chi connectivity index (χ2v) is 8.78. The van der Waals surface area contributed by atoms with Gasteiger partial charge in [0.1, 0.15) is 33.9 Å². The van der Waals surface area contributed by atoms with Crippen molar-refractivity contribution in [3.63, 3.8) is 0 Å². The fourth-order valence-corrected chi connectivity index (χ4v) is 4.18. The summed E-state index contributed by atoms with van der Waals surface area (Å²) in [5.41, 5.74) is 9.69. The van der Waals surface area contributed by atoms with Crippen LogP contribution in [0.5, 0.6) is 11.5 Å². The number of rotatable bonds is 6. The van der Waals surface area contributed by atoms with Gasteiger partial charge >= 0.3 is 0 Å². The van der Waals surface area contributed by atoms with Crippen LogP contribution in [-0.2, 0) is 4.79 Å². The molecule has 0 aliphatic carbocycles. The van der Waals surface area contributed by atoms with Gasteiger partial charge < -0.3 is 15.5 Å². The molecule has 10 heteroatoms. The molecule has 0 saturated heterocycles. The van der Waals surface area contributed by atoms with Gasteiger partial charge in [0.25, 0.3) is 0 Å². The molecule has 1 unspecified atom stereocenters. The fraction of sp³-hybridized carbons (Fsp3) is 0.208. The predicted molar refractivity (Wildman–Crippen MR) is 130 cm³/mol. The molecule has 5 rings (SSSR count). The van der Waals surface area contributed by atoms with Crippen LogP contribution in [0.25, 0.3) is 33.3 Å². The molecule has 34 heavy (non-hydrogen) atoms. The van der Waals surface area contributed by atoms with E-state index in [9.17, 15) is 4.79 Å². The smallest absolute Gasteiger partial charge is 0.242 e. The average Bonchev–Trinajstić information content (AvgIpc) is 3.41. The summed E-state index contributed by atoms with van der Waals surface area (Å²) in [4.78, 5) is 28.7. The highest BCUT2D eigenvalue weighted by Crippen LogP contribution is 2.35. The third kappa shape index (κ3) is 3.94. The van der Waals surface area contributed by atoms with Crippen molar-refractivity contribution in [2.75, 3.05) is 0 Å². The first-order chi connectivity index (χ1) is 16.3.